The standard InChI is InChI=1S/C24H25IN4O3.C23H23IN4O5S.C23H23N4O5S.3CH4.3CH3.Sn/c25-19-11-6-17(7-12-19)14-27-21(24(31)32)15-28-23(30)18-9-4-16(5-10-18)8-13-20-2-1-3-22(26)29-20;24-17-9-12-19(13-10-17)34(32,33)28-20(23(30)31)14-26-22(29)16-7-4-15(5-8-16)6-11-18-2-1-3-21(25)27-18;24-21-8-4-5-18(26-21)14-11-16-9-12-17(13-10-16)22(28)25-15-20(23(29)30)27-33(31,32)19-6-2-1-3-7-19;;;;;;;/h1-7,9-12,21,27H,8,13-15H2,(H2,26,29)(H,28,30)(H,31,32);1-5,7-10,12-13,20,28H,6,11,14H2,(H2,25,27)(H,26,29)(H,30,31);2-10,12-13,20,27H,11,14-15H2,(H2,24,26)(H,25,28)(H,29,30);3*1H4;3*1H3;/t21-;2*20-;;;;;;;/m000......./s1/i;24-2;;;;;;;;. The fraction of sp³-hybridized carbons (Fsp3) is 0.250. The molecular weight excluding hydrogens is 1720 g/mol. The van der Waals surface area contributed by atoms with E-state index in [0.717, 1.165) is 62.9 Å². The molecule has 0 bridgehead atoms. The number of hydrogen-bond donors (Lipinski definition) is 12. The molecular formula is C76H92I2N12O13S2Sn. The molecule has 9 aromatic rings. The summed E-state index contributed by atoms with van der Waals surface area (Å²) in [5.74, 6) is -3.70. The Morgan fingerprint density at radius 2 is 0.726 bits per heavy atom. The van der Waals surface area contributed by atoms with E-state index in [9.17, 15) is 60.9 Å². The van der Waals surface area contributed by atoms with Crippen LogP contribution >= 0.6 is 45.2 Å². The summed E-state index contributed by atoms with van der Waals surface area (Å²) < 4.78 is 57.9. The Morgan fingerprint density at radius 3 is 1.03 bits per heavy atom. The SMILES string of the molecule is C.C.C.Nc1cccc(CCc2ccc(C(=O)NC[C@H](NCc3ccc(I)cc3)C(=O)O)cc2)n1.Nc1cccc(CCc2ccc(C(=O)NC[C@H](NS(=O)(=O)c3ccc([125I])cc3)C(=O)O)cc2)n1.[CH3][Sn]([CH3])([CH3])[c]1ccc(S(=O)(=O)N[C@@H](CNC(=O)c2ccc(CCc3cccc(N)n3)cc2)C(=O)O)cc1. The van der Waals surface area contributed by atoms with Gasteiger partial charge in [-0.25, -0.2) is 23.4 Å². The zero-order valence-corrected chi connectivity index (χ0v) is 65.2. The van der Waals surface area contributed by atoms with Gasteiger partial charge in [0.05, 0.1) is 4.90 Å². The van der Waals surface area contributed by atoms with E-state index in [0.29, 0.717) is 66.4 Å². The molecule has 3 atom stereocenters. The Labute approximate surface area is 651 Å². The number of pyridine rings is 3. The predicted octanol–water partition coefficient (Wildman–Crippen LogP) is 9.31. The van der Waals surface area contributed by atoms with Gasteiger partial charge in [0.15, 0.2) is 0 Å². The van der Waals surface area contributed by atoms with Crippen LogP contribution in [0, 0.1) is 7.14 Å². The number of nitrogens with two attached hydrogens (primary N) is 3. The second-order valence-corrected chi connectivity index (χ2v) is 44.9. The molecule has 0 fully saturated rings. The number of halogens is 2. The first-order valence-corrected chi connectivity index (χ1v) is 47.3. The number of aryl methyl sites for hydroxylation is 6. The summed E-state index contributed by atoms with van der Waals surface area (Å²) in [5, 5.41) is 39.1. The van der Waals surface area contributed by atoms with Gasteiger partial charge in [-0.05, 0) is 203 Å². The van der Waals surface area contributed by atoms with Gasteiger partial charge in [-0.1, -0.05) is 89.0 Å². The molecule has 3 aromatic heterocycles. The zero-order valence-electron chi connectivity index (χ0n) is 56.4. The summed E-state index contributed by atoms with van der Waals surface area (Å²) in [6.45, 7) is -0.435. The first-order chi connectivity index (χ1) is 48.9. The zero-order chi connectivity index (χ0) is 74.9. The predicted molar refractivity (Wildman–Crippen MR) is 434 cm³/mol. The molecule has 30 heteroatoms. The van der Waals surface area contributed by atoms with Crippen molar-refractivity contribution in [2.24, 2.45) is 0 Å². The molecule has 3 amide bonds. The van der Waals surface area contributed by atoms with Gasteiger partial charge < -0.3 is 38.0 Å². The molecule has 0 aliphatic heterocycles. The molecule has 9 rings (SSSR count). The van der Waals surface area contributed by atoms with Gasteiger partial charge in [-0.3, -0.25) is 24.5 Å². The van der Waals surface area contributed by atoms with E-state index in [-0.39, 0.29) is 44.5 Å². The van der Waals surface area contributed by atoms with E-state index in [1.807, 2.05) is 108 Å². The number of carboxylic acid groups (broad SMARTS) is 3. The number of rotatable bonds is 31. The van der Waals surface area contributed by atoms with E-state index >= 15 is 0 Å². The first kappa shape index (κ1) is 89.4. The molecule has 0 radical (unpaired) electrons. The molecule has 106 heavy (non-hydrogen) atoms. The molecule has 15 N–H and O–H groups in total. The van der Waals surface area contributed by atoms with Crippen molar-refractivity contribution in [2.45, 2.75) is 110 Å². The Kier molecular flexibility index (Phi) is 36.3. The summed E-state index contributed by atoms with van der Waals surface area (Å²) in [5.41, 5.74) is 25.0. The molecule has 0 aliphatic rings. The van der Waals surface area contributed by atoms with Gasteiger partial charge in [0.1, 0.15) is 29.5 Å². The minimum absolute atomic E-state index is 0. The maximum atomic E-state index is 12.8. The fourth-order valence-electron chi connectivity index (χ4n) is 9.80. The van der Waals surface area contributed by atoms with Crippen LogP contribution in [-0.2, 0) is 79.5 Å². The molecule has 0 aliphatic carbocycles. The monoisotopic (exact) mass is 1820 g/mol. The van der Waals surface area contributed by atoms with Crippen LogP contribution in [-0.4, -0.2) is 139 Å². The number of nitrogens with one attached hydrogen (secondary N) is 6. The van der Waals surface area contributed by atoms with Crippen molar-refractivity contribution in [1.29, 1.82) is 0 Å². The van der Waals surface area contributed by atoms with Crippen LogP contribution in [0.1, 0.15) is 92.7 Å². The van der Waals surface area contributed by atoms with Crippen LogP contribution in [0.15, 0.2) is 210 Å². The Balaban J connectivity index is 0.000000332. The summed E-state index contributed by atoms with van der Waals surface area (Å²) in [4.78, 5) is 91.7. The van der Waals surface area contributed by atoms with Crippen molar-refractivity contribution >= 4 is 140 Å². The number of nitrogens with zero attached hydrogens (tertiary/aromatic N) is 3. The summed E-state index contributed by atoms with van der Waals surface area (Å²) in [6, 6.07) is 53.9. The number of aromatic nitrogens is 3. The first-order valence-electron chi connectivity index (χ1n) is 32.2. The van der Waals surface area contributed by atoms with Crippen molar-refractivity contribution < 1.29 is 60.9 Å². The van der Waals surface area contributed by atoms with Gasteiger partial charge in [-0.2, -0.15) is 4.72 Å². The van der Waals surface area contributed by atoms with Crippen LogP contribution in [0.25, 0.3) is 0 Å². The normalized spacial score (nSPS) is 11.8. The van der Waals surface area contributed by atoms with Crippen molar-refractivity contribution in [1.82, 2.24) is 45.7 Å². The number of nitrogen functional groups attached to an aromatic ring is 3. The van der Waals surface area contributed by atoms with Crippen molar-refractivity contribution in [2.75, 3.05) is 36.8 Å². The average molecular weight is 1820 g/mol. The third-order valence-corrected chi connectivity index (χ3v) is 26.0. The average Bonchev–Trinajstić information content (AvgIpc) is 0.815. The number of aliphatic carboxylic acids is 3. The Morgan fingerprint density at radius 1 is 0.425 bits per heavy atom. The molecule has 0 spiro atoms. The van der Waals surface area contributed by atoms with Crippen molar-refractivity contribution in [3.63, 3.8) is 0 Å². The second kappa shape index (κ2) is 43.0. The van der Waals surface area contributed by atoms with Crippen LogP contribution in [0.3, 0.4) is 0 Å². The number of carbonyl (C=O) groups excluding carboxylic acids is 3. The molecule has 0 saturated heterocycles. The van der Waals surface area contributed by atoms with Gasteiger partial charge in [0.2, 0.25) is 10.0 Å². The quantitative estimate of drug-likeness (QED) is 0.0142. The maximum absolute atomic E-state index is 12.8. The van der Waals surface area contributed by atoms with Gasteiger partial charge in [-0.15, -0.1) is 0 Å². The van der Waals surface area contributed by atoms with E-state index in [2.05, 4.69) is 83.1 Å². The number of carboxylic acids is 3. The second-order valence-electron chi connectivity index (χ2n) is 24.5. The van der Waals surface area contributed by atoms with Crippen molar-refractivity contribution in [3.05, 3.63) is 263 Å². The minimum atomic E-state index is -4.09. The fourth-order valence-corrected chi connectivity index (χ4v) is 16.2. The molecule has 0 saturated carbocycles. The number of carbonyl (C=O) groups is 6. The molecule has 564 valence electrons. The van der Waals surface area contributed by atoms with Crippen LogP contribution in [0.4, 0.5) is 17.5 Å². The number of anilines is 3. The topological polar surface area (TPSA) is 420 Å². The summed E-state index contributed by atoms with van der Waals surface area (Å²) >= 11 is 1.89. The van der Waals surface area contributed by atoms with Crippen LogP contribution in [0.5, 0.6) is 0 Å². The molecule has 3 heterocycles. The van der Waals surface area contributed by atoms with E-state index in [4.69, 9.17) is 17.2 Å². The van der Waals surface area contributed by atoms with Crippen molar-refractivity contribution in [3.8, 4) is 0 Å². The molecule has 0 unspecified atom stereocenters. The molecule has 6 aromatic carbocycles. The number of hydrogen-bond acceptors (Lipinski definition) is 17. The summed E-state index contributed by atoms with van der Waals surface area (Å²) in [6.07, 6.45) is 4.34. The summed E-state index contributed by atoms with van der Waals surface area (Å²) in [7, 11) is -8.16. The van der Waals surface area contributed by atoms with Crippen LogP contribution in [0.2, 0.25) is 14.8 Å². The van der Waals surface area contributed by atoms with Gasteiger partial charge >= 0.3 is 163 Å². The third-order valence-electron chi connectivity index (χ3n) is 15.7. The Hall–Kier alpha value is -8.97. The number of benzene rings is 6. The number of amides is 3. The molecule has 25 nitrogen and oxygen atoms in total. The number of sulfonamides is 2. The van der Waals surface area contributed by atoms with E-state index in [1.165, 1.54) is 24.3 Å². The van der Waals surface area contributed by atoms with E-state index < -0.39 is 99.4 Å². The van der Waals surface area contributed by atoms with Gasteiger partial charge in [0.25, 0.3) is 11.8 Å². The van der Waals surface area contributed by atoms with Crippen LogP contribution < -0.4 is 51.5 Å². The Bertz CT molecular complexity index is 4610. The third kappa shape index (κ3) is 29.8. The van der Waals surface area contributed by atoms with E-state index in [1.54, 1.807) is 91.0 Å². The van der Waals surface area contributed by atoms with Gasteiger partial charge in [0, 0.05) is 55.0 Å².